The Bertz CT molecular complexity index is 2690. The van der Waals surface area contributed by atoms with Crippen molar-refractivity contribution in [3.63, 3.8) is 0 Å². The van der Waals surface area contributed by atoms with Gasteiger partial charge in [-0.1, -0.05) is 136 Å². The molecule has 6 aromatic carbocycles. The summed E-state index contributed by atoms with van der Waals surface area (Å²) in [5.74, 6) is 0.533. The molecule has 0 fully saturated rings. The predicted octanol–water partition coefficient (Wildman–Crippen LogP) is 11.3. The van der Waals surface area contributed by atoms with E-state index in [1.807, 2.05) is 48.5 Å². The van der Waals surface area contributed by atoms with Gasteiger partial charge in [0.15, 0.2) is 6.29 Å². The predicted molar refractivity (Wildman–Crippen MR) is 259 cm³/mol. The molecular formula is C46H50Cl3InN4O5S2. The summed E-state index contributed by atoms with van der Waals surface area (Å²) in [4.78, 5) is 10.9. The number of sulfonamides is 2. The molecule has 320 valence electrons. The number of hydrogen-bond donors (Lipinski definition) is 4. The van der Waals surface area contributed by atoms with Crippen LogP contribution in [0.15, 0.2) is 174 Å². The molecule has 0 radical (unpaired) electrons. The second-order valence-corrected chi connectivity index (χ2v) is 31.3. The van der Waals surface area contributed by atoms with Crippen molar-refractivity contribution in [1.82, 2.24) is 0 Å². The molecule has 9 nitrogen and oxygen atoms in total. The maximum absolute atomic E-state index is 11.8. The Labute approximate surface area is 378 Å². The van der Waals surface area contributed by atoms with Crippen LogP contribution in [0, 0.1) is 5.92 Å². The Hall–Kier alpha value is -4.11. The van der Waals surface area contributed by atoms with E-state index < -0.39 is 37.9 Å². The maximum atomic E-state index is 11.8. The van der Waals surface area contributed by atoms with Crippen molar-refractivity contribution in [3.05, 3.63) is 181 Å². The second-order valence-electron chi connectivity index (χ2n) is 13.5. The van der Waals surface area contributed by atoms with Crippen molar-refractivity contribution in [2.75, 3.05) is 11.1 Å². The molecule has 3 atom stereocenters. The standard InChI is InChI=1S/C22H20N2O2S.C11H8O.C6H8N2O2S.C5H6.2CH4.3ClH.In/c23-27(25,26)15-11-12-21-20(13-15)17-8-4-10-19(17)22(24-21)18-9-3-6-14-5-1-2-7-16(14)18;12-8-10-6-3-5-9-4-1-2-7-11(9)10;7-5-1-3-6(4-2-5)11(8,9)10;1-2-4-5-3-1;;;;;;/h1-9,11-13,17,19,22,24H,10H2,(H2,23,25,26);1-8H;1-4H,7H2,(H2,8,9,10);1-4H,5H2;2*1H4;3*1H;/q;;;;;;;;;+3/p-3. The van der Waals surface area contributed by atoms with Gasteiger partial charge in [-0.2, -0.15) is 0 Å². The van der Waals surface area contributed by atoms with Crippen LogP contribution in [0.1, 0.15) is 61.1 Å². The molecular weight excluding hydrogens is 974 g/mol. The number of nitrogen functional groups attached to an aromatic ring is 1. The first-order valence-electron chi connectivity index (χ1n) is 18.3. The monoisotopic (exact) mass is 1020 g/mol. The van der Waals surface area contributed by atoms with E-state index in [0.717, 1.165) is 46.7 Å². The number of anilines is 2. The molecule has 9 rings (SSSR count). The fourth-order valence-corrected chi connectivity index (χ4v) is 8.05. The molecule has 3 unspecified atom stereocenters. The molecule has 1 heterocycles. The van der Waals surface area contributed by atoms with E-state index in [1.54, 1.807) is 12.1 Å². The van der Waals surface area contributed by atoms with E-state index in [9.17, 15) is 21.6 Å². The number of benzene rings is 6. The first-order chi connectivity index (χ1) is 28.2. The summed E-state index contributed by atoms with van der Waals surface area (Å²) in [6.45, 7) is 0. The summed E-state index contributed by atoms with van der Waals surface area (Å²) >= 11 is -2.22. The van der Waals surface area contributed by atoms with Gasteiger partial charge in [-0.05, 0) is 93.9 Å². The van der Waals surface area contributed by atoms with E-state index in [-0.39, 0.29) is 36.6 Å². The molecule has 6 aromatic rings. The number of rotatable bonds is 4. The average Bonchev–Trinajstić information content (AvgIpc) is 3.97. The molecule has 0 saturated carbocycles. The fourth-order valence-electron chi connectivity index (χ4n) is 6.98. The number of fused-ring (bicyclic) bond motifs is 5. The number of hydrogen-bond acceptors (Lipinski definition) is 7. The Morgan fingerprint density at radius 3 is 1.72 bits per heavy atom. The van der Waals surface area contributed by atoms with Crippen LogP contribution in [0.4, 0.5) is 11.4 Å². The summed E-state index contributed by atoms with van der Waals surface area (Å²) in [6, 6.07) is 39.5. The second kappa shape index (κ2) is 23.9. The van der Waals surface area contributed by atoms with Gasteiger partial charge in [-0.15, -0.1) is 0 Å². The third kappa shape index (κ3) is 14.5. The molecule has 15 heteroatoms. The van der Waals surface area contributed by atoms with Crippen LogP contribution in [0.2, 0.25) is 0 Å². The molecule has 2 aliphatic carbocycles. The summed E-state index contributed by atoms with van der Waals surface area (Å²) < 4.78 is 44.9. The summed E-state index contributed by atoms with van der Waals surface area (Å²) in [6.07, 6.45) is 15.8. The van der Waals surface area contributed by atoms with Crippen LogP contribution in [-0.2, 0) is 20.0 Å². The Morgan fingerprint density at radius 2 is 1.16 bits per heavy atom. The molecule has 3 aliphatic rings. The van der Waals surface area contributed by atoms with Gasteiger partial charge in [-0.25, -0.2) is 27.1 Å². The normalized spacial score (nSPS) is 16.4. The first kappa shape index (κ1) is 51.2. The van der Waals surface area contributed by atoms with Crippen molar-refractivity contribution >= 4 is 103 Å². The topological polar surface area (TPSA) is 175 Å². The van der Waals surface area contributed by atoms with Crippen molar-refractivity contribution in [1.29, 1.82) is 0 Å². The fraction of sp³-hybridized carbons (Fsp3) is 0.152. The SMILES string of the molecule is C.C.C1=CCC=C1.NS(=O)(=O)c1ccc2c(c1)C1C=CCC1C(c1cccc3ccccc13)N2.Nc1ccc(S(N)(=O)=O)cc1.O=Cc1cccc2ccccc12.[Cl][In]([Cl])[Cl]. The number of primary sulfonamides is 2. The van der Waals surface area contributed by atoms with Crippen LogP contribution in [-0.4, -0.2) is 41.0 Å². The third-order valence-electron chi connectivity index (χ3n) is 9.64. The third-order valence-corrected chi connectivity index (χ3v) is 11.5. The average molecular weight is 1020 g/mol. The molecule has 0 aromatic heterocycles. The van der Waals surface area contributed by atoms with Crippen molar-refractivity contribution in [2.24, 2.45) is 16.2 Å². The number of carbonyl (C=O) groups is 1. The van der Waals surface area contributed by atoms with Gasteiger partial charge in [0.1, 0.15) is 0 Å². The van der Waals surface area contributed by atoms with Gasteiger partial charge in [-0.3, -0.25) is 4.79 Å². The molecule has 1 aliphatic heterocycles. The molecule has 0 spiro atoms. The number of aldehydes is 1. The molecule has 7 N–H and O–H groups in total. The van der Waals surface area contributed by atoms with Crippen molar-refractivity contribution in [3.8, 4) is 0 Å². The van der Waals surface area contributed by atoms with Crippen LogP contribution >= 0.6 is 25.7 Å². The summed E-state index contributed by atoms with van der Waals surface area (Å²) in [5, 5.41) is 18.5. The van der Waals surface area contributed by atoms with Gasteiger partial charge < -0.3 is 11.1 Å². The zero-order valence-electron chi connectivity index (χ0n) is 31.6. The Morgan fingerprint density at radius 1 is 0.639 bits per heavy atom. The number of nitrogens with one attached hydrogen (secondary N) is 1. The van der Waals surface area contributed by atoms with Crippen LogP contribution < -0.4 is 21.3 Å². The van der Waals surface area contributed by atoms with Crippen LogP contribution in [0.5, 0.6) is 0 Å². The Balaban J connectivity index is 0.000000242. The number of nitrogens with two attached hydrogens (primary N) is 3. The Kier molecular flexibility index (Phi) is 20.1. The zero-order valence-corrected chi connectivity index (χ0v) is 38.8. The first-order valence-corrected chi connectivity index (χ1v) is 33.9. The van der Waals surface area contributed by atoms with Gasteiger partial charge >= 0.3 is 43.6 Å². The summed E-state index contributed by atoms with van der Waals surface area (Å²) in [7, 11) is 7.76. The van der Waals surface area contributed by atoms with E-state index in [0.29, 0.717) is 11.6 Å². The minimum atomic E-state index is -3.71. The summed E-state index contributed by atoms with van der Waals surface area (Å²) in [5.41, 5.74) is 9.88. The van der Waals surface area contributed by atoms with E-state index in [1.165, 1.54) is 40.6 Å². The van der Waals surface area contributed by atoms with Crippen molar-refractivity contribution in [2.45, 2.75) is 49.4 Å². The molecule has 0 amide bonds. The quantitative estimate of drug-likeness (QED) is 0.0772. The van der Waals surface area contributed by atoms with Gasteiger partial charge in [0.05, 0.1) is 15.8 Å². The van der Waals surface area contributed by atoms with E-state index in [4.69, 9.17) is 41.7 Å². The number of halogens is 3. The van der Waals surface area contributed by atoms with Crippen LogP contribution in [0.25, 0.3) is 21.5 Å². The minimum absolute atomic E-state index is 0. The number of carbonyl (C=O) groups excluding carboxylic acids is 1. The van der Waals surface area contributed by atoms with Gasteiger partial charge in [0.2, 0.25) is 20.0 Å². The van der Waals surface area contributed by atoms with E-state index >= 15 is 0 Å². The van der Waals surface area contributed by atoms with E-state index in [2.05, 4.69) is 84.2 Å². The van der Waals surface area contributed by atoms with Crippen molar-refractivity contribution < 1.29 is 21.6 Å². The molecule has 0 saturated heterocycles. The van der Waals surface area contributed by atoms with Crippen LogP contribution in [0.3, 0.4) is 0 Å². The molecule has 0 bridgehead atoms. The zero-order chi connectivity index (χ0) is 42.6. The van der Waals surface area contributed by atoms with Gasteiger partial charge in [0, 0.05) is 22.9 Å². The number of allylic oxidation sites excluding steroid dienone is 6. The van der Waals surface area contributed by atoms with Gasteiger partial charge in [0.25, 0.3) is 0 Å². The molecule has 61 heavy (non-hydrogen) atoms.